The molecule has 0 radical (unpaired) electrons. The third kappa shape index (κ3) is 5.42. The number of thioether (sulfide) groups is 1. The van der Waals surface area contributed by atoms with Crippen molar-refractivity contribution in [1.82, 2.24) is 19.5 Å². The van der Waals surface area contributed by atoms with Gasteiger partial charge in [-0.2, -0.15) is 0 Å². The molecule has 0 saturated heterocycles. The monoisotopic (exact) mass is 492 g/mol. The third-order valence-corrected chi connectivity index (χ3v) is 6.32. The number of rotatable bonds is 9. The van der Waals surface area contributed by atoms with Crippen LogP contribution in [0.25, 0.3) is 10.9 Å². The van der Waals surface area contributed by atoms with E-state index in [-0.39, 0.29) is 42.9 Å². The van der Waals surface area contributed by atoms with E-state index in [4.69, 9.17) is 10.5 Å². The van der Waals surface area contributed by atoms with Crippen molar-refractivity contribution in [2.24, 2.45) is 0 Å². The molecule has 0 unspecified atom stereocenters. The fourth-order valence-electron chi connectivity index (χ4n) is 3.61. The quantitative estimate of drug-likeness (QED) is 0.267. The Morgan fingerprint density at radius 3 is 2.63 bits per heavy atom. The zero-order valence-electron chi connectivity index (χ0n) is 19.0. The molecule has 0 spiro atoms. The standard InChI is InChI=1S/C24H24N6O4S/c1-34-12-11-29(19(31)14-35-23-17-9-5-6-10-18(17)26-15-27-23)20-21(25)30(24(33)28-22(20)32)13-16-7-3-2-4-8-16/h2-10,15H,11-14,25H2,1H3,(H,28,32,33). The van der Waals surface area contributed by atoms with E-state index in [0.29, 0.717) is 5.03 Å². The van der Waals surface area contributed by atoms with Crippen LogP contribution in [0.2, 0.25) is 0 Å². The number of anilines is 2. The first kappa shape index (κ1) is 24.2. The number of nitrogens with zero attached hydrogens (tertiary/aromatic N) is 4. The van der Waals surface area contributed by atoms with Gasteiger partial charge in [0, 0.05) is 19.0 Å². The molecule has 0 aliphatic heterocycles. The number of methoxy groups -OCH3 is 1. The molecule has 35 heavy (non-hydrogen) atoms. The lowest BCUT2D eigenvalue weighted by Gasteiger charge is -2.24. The van der Waals surface area contributed by atoms with Crippen molar-refractivity contribution in [3.63, 3.8) is 0 Å². The number of fused-ring (bicyclic) bond motifs is 1. The van der Waals surface area contributed by atoms with E-state index in [0.717, 1.165) is 16.5 Å². The van der Waals surface area contributed by atoms with Crippen LogP contribution >= 0.6 is 11.8 Å². The number of carbonyl (C=O) groups excluding carboxylic acids is 1. The molecule has 2 aromatic carbocycles. The molecule has 4 aromatic rings. The van der Waals surface area contributed by atoms with Crippen molar-refractivity contribution in [2.75, 3.05) is 36.6 Å². The summed E-state index contributed by atoms with van der Waals surface area (Å²) >= 11 is 1.23. The van der Waals surface area contributed by atoms with Crippen molar-refractivity contribution in [3.05, 3.63) is 87.3 Å². The van der Waals surface area contributed by atoms with Crippen molar-refractivity contribution in [2.45, 2.75) is 11.6 Å². The number of aromatic amines is 1. The molecule has 10 nitrogen and oxygen atoms in total. The molecule has 0 aliphatic rings. The molecular formula is C24H24N6O4S. The minimum atomic E-state index is -0.737. The summed E-state index contributed by atoms with van der Waals surface area (Å²) in [5, 5.41) is 1.47. The van der Waals surface area contributed by atoms with Crippen LogP contribution in [0.15, 0.2) is 75.5 Å². The van der Waals surface area contributed by atoms with Gasteiger partial charge < -0.3 is 15.4 Å². The molecule has 2 aromatic heterocycles. The van der Waals surface area contributed by atoms with Gasteiger partial charge in [0.1, 0.15) is 17.2 Å². The van der Waals surface area contributed by atoms with Crippen LogP contribution in [0.3, 0.4) is 0 Å². The van der Waals surface area contributed by atoms with Gasteiger partial charge in [0.2, 0.25) is 5.91 Å². The maximum Gasteiger partial charge on any atom is 0.330 e. The second kappa shape index (κ2) is 11.0. The van der Waals surface area contributed by atoms with Gasteiger partial charge in [0.05, 0.1) is 24.4 Å². The first-order valence-corrected chi connectivity index (χ1v) is 11.8. The summed E-state index contributed by atoms with van der Waals surface area (Å²) in [7, 11) is 1.49. The topological polar surface area (TPSA) is 136 Å². The first-order chi connectivity index (χ1) is 17.0. The number of nitrogens with one attached hydrogen (secondary N) is 1. The summed E-state index contributed by atoms with van der Waals surface area (Å²) in [6.07, 6.45) is 1.44. The Labute approximate surface area is 204 Å². The second-order valence-corrected chi connectivity index (χ2v) is 8.55. The Morgan fingerprint density at radius 2 is 1.86 bits per heavy atom. The molecule has 4 rings (SSSR count). The Kier molecular flexibility index (Phi) is 7.58. The number of benzene rings is 2. The zero-order chi connectivity index (χ0) is 24.8. The van der Waals surface area contributed by atoms with E-state index in [2.05, 4.69) is 15.0 Å². The molecule has 2 heterocycles. The average molecular weight is 493 g/mol. The highest BCUT2D eigenvalue weighted by atomic mass is 32.2. The van der Waals surface area contributed by atoms with Gasteiger partial charge in [-0.1, -0.05) is 60.3 Å². The molecule has 0 fully saturated rings. The van der Waals surface area contributed by atoms with E-state index < -0.39 is 11.2 Å². The maximum atomic E-state index is 13.3. The minimum Gasteiger partial charge on any atom is -0.383 e. The van der Waals surface area contributed by atoms with Crippen molar-refractivity contribution in [1.29, 1.82) is 0 Å². The summed E-state index contributed by atoms with van der Waals surface area (Å²) in [5.74, 6) is -0.483. The number of nitrogen functional groups attached to an aromatic ring is 1. The number of nitrogens with two attached hydrogens (primary N) is 1. The van der Waals surface area contributed by atoms with E-state index >= 15 is 0 Å². The Morgan fingerprint density at radius 1 is 1.11 bits per heavy atom. The molecule has 0 saturated carbocycles. The third-order valence-electron chi connectivity index (χ3n) is 5.33. The second-order valence-electron chi connectivity index (χ2n) is 7.59. The summed E-state index contributed by atoms with van der Waals surface area (Å²) in [6, 6.07) is 16.7. The fourth-order valence-corrected chi connectivity index (χ4v) is 4.47. The van der Waals surface area contributed by atoms with Gasteiger partial charge in [-0.05, 0) is 11.6 Å². The molecule has 3 N–H and O–H groups in total. The lowest BCUT2D eigenvalue weighted by molar-refractivity contribution is -0.116. The van der Waals surface area contributed by atoms with Gasteiger partial charge in [0.15, 0.2) is 5.69 Å². The first-order valence-electron chi connectivity index (χ1n) is 10.8. The average Bonchev–Trinajstić information content (AvgIpc) is 2.87. The number of ether oxygens (including phenoxy) is 1. The number of para-hydroxylation sites is 1. The summed E-state index contributed by atoms with van der Waals surface area (Å²) in [6.45, 7) is 0.393. The number of carbonyl (C=O) groups is 1. The molecule has 0 bridgehead atoms. The van der Waals surface area contributed by atoms with Crippen LogP contribution in [0.4, 0.5) is 11.5 Å². The van der Waals surface area contributed by atoms with Gasteiger partial charge in [-0.15, -0.1) is 0 Å². The van der Waals surface area contributed by atoms with Crippen LogP contribution in [-0.2, 0) is 16.1 Å². The van der Waals surface area contributed by atoms with Gasteiger partial charge in [-0.25, -0.2) is 14.8 Å². The van der Waals surface area contributed by atoms with Crippen LogP contribution in [-0.4, -0.2) is 51.4 Å². The number of hydrogen-bond acceptors (Lipinski definition) is 8. The highest BCUT2D eigenvalue weighted by molar-refractivity contribution is 8.00. The largest absolute Gasteiger partial charge is 0.383 e. The van der Waals surface area contributed by atoms with Gasteiger partial charge in [0.25, 0.3) is 5.56 Å². The van der Waals surface area contributed by atoms with Crippen LogP contribution in [0.1, 0.15) is 5.56 Å². The predicted octanol–water partition coefficient (Wildman–Crippen LogP) is 1.88. The zero-order valence-corrected chi connectivity index (χ0v) is 19.8. The predicted molar refractivity (Wildman–Crippen MR) is 136 cm³/mol. The Bertz CT molecular complexity index is 1450. The highest BCUT2D eigenvalue weighted by Crippen LogP contribution is 2.26. The van der Waals surface area contributed by atoms with Crippen LogP contribution < -0.4 is 21.9 Å². The lowest BCUT2D eigenvalue weighted by atomic mass is 10.2. The van der Waals surface area contributed by atoms with Gasteiger partial charge in [-0.3, -0.25) is 19.1 Å². The molecular weight excluding hydrogens is 468 g/mol. The van der Waals surface area contributed by atoms with Crippen molar-refractivity contribution in [3.8, 4) is 0 Å². The van der Waals surface area contributed by atoms with Crippen molar-refractivity contribution >= 4 is 40.1 Å². The molecule has 180 valence electrons. The normalized spacial score (nSPS) is 11.0. The van der Waals surface area contributed by atoms with E-state index in [1.165, 1.54) is 34.7 Å². The number of aromatic nitrogens is 4. The number of H-pyrrole nitrogens is 1. The molecule has 1 amide bonds. The minimum absolute atomic E-state index is 0.0125. The van der Waals surface area contributed by atoms with E-state index in [1.807, 2.05) is 54.6 Å². The molecule has 0 atom stereocenters. The number of hydrogen-bond donors (Lipinski definition) is 2. The highest BCUT2D eigenvalue weighted by Gasteiger charge is 2.24. The SMILES string of the molecule is COCCN(C(=O)CSc1ncnc2ccccc12)c1c(N)n(Cc2ccccc2)c(=O)[nH]c1=O. The van der Waals surface area contributed by atoms with Gasteiger partial charge >= 0.3 is 5.69 Å². The van der Waals surface area contributed by atoms with Crippen molar-refractivity contribution < 1.29 is 9.53 Å². The van der Waals surface area contributed by atoms with Crippen LogP contribution in [0.5, 0.6) is 0 Å². The smallest absolute Gasteiger partial charge is 0.330 e. The number of amides is 1. The summed E-state index contributed by atoms with van der Waals surface area (Å²) in [5.41, 5.74) is 6.42. The van der Waals surface area contributed by atoms with Crippen LogP contribution in [0, 0.1) is 0 Å². The fraction of sp³-hybridized carbons (Fsp3) is 0.208. The molecule has 11 heteroatoms. The maximum absolute atomic E-state index is 13.3. The molecule has 0 aliphatic carbocycles. The summed E-state index contributed by atoms with van der Waals surface area (Å²) in [4.78, 5) is 50.8. The Balaban J connectivity index is 1.65. The van der Waals surface area contributed by atoms with E-state index in [1.54, 1.807) is 0 Å². The lowest BCUT2D eigenvalue weighted by Crippen LogP contribution is -2.43. The van der Waals surface area contributed by atoms with E-state index in [9.17, 15) is 14.4 Å². The summed E-state index contributed by atoms with van der Waals surface area (Å²) < 4.78 is 6.39. The Hall–Kier alpha value is -3.96.